The van der Waals surface area contributed by atoms with Crippen molar-refractivity contribution in [3.63, 3.8) is 0 Å². The lowest BCUT2D eigenvalue weighted by molar-refractivity contribution is -0.140. The van der Waals surface area contributed by atoms with E-state index in [0.717, 1.165) is 0 Å². The van der Waals surface area contributed by atoms with Crippen LogP contribution >= 0.6 is 0 Å². The highest BCUT2D eigenvalue weighted by Gasteiger charge is 2.32. The number of hydrogen-bond acceptors (Lipinski definition) is 4. The lowest BCUT2D eigenvalue weighted by Gasteiger charge is -2.21. The Hall–Kier alpha value is -1.14. The normalized spacial score (nSPS) is 22.8. The standard InChI is InChI=1S/C9H17N3O3/c1-15-7(4-10)9(14)12-3-2-6(5-12)8(11)13/h6-7H,2-5,10H2,1H3,(H2,11,13). The summed E-state index contributed by atoms with van der Waals surface area (Å²) < 4.78 is 4.94. The van der Waals surface area contributed by atoms with Crippen LogP contribution < -0.4 is 11.5 Å². The molecular weight excluding hydrogens is 198 g/mol. The summed E-state index contributed by atoms with van der Waals surface area (Å²) in [6.07, 6.45) is 0.0128. The van der Waals surface area contributed by atoms with Crippen molar-refractivity contribution in [1.29, 1.82) is 0 Å². The van der Waals surface area contributed by atoms with Crippen molar-refractivity contribution >= 4 is 11.8 Å². The van der Waals surface area contributed by atoms with Gasteiger partial charge in [0, 0.05) is 26.7 Å². The molecule has 1 rings (SSSR count). The van der Waals surface area contributed by atoms with E-state index >= 15 is 0 Å². The molecule has 0 spiro atoms. The average Bonchev–Trinajstić information content (AvgIpc) is 2.68. The SMILES string of the molecule is COC(CN)C(=O)N1CCC(C(N)=O)C1. The Balaban J connectivity index is 2.53. The molecule has 86 valence electrons. The molecule has 6 nitrogen and oxygen atoms in total. The summed E-state index contributed by atoms with van der Waals surface area (Å²) in [5.74, 6) is -0.750. The van der Waals surface area contributed by atoms with E-state index in [0.29, 0.717) is 19.5 Å². The van der Waals surface area contributed by atoms with Gasteiger partial charge in [-0.05, 0) is 6.42 Å². The fourth-order valence-corrected chi connectivity index (χ4v) is 1.69. The molecule has 2 amide bonds. The van der Waals surface area contributed by atoms with Crippen LogP contribution in [0.2, 0.25) is 0 Å². The van der Waals surface area contributed by atoms with E-state index in [9.17, 15) is 9.59 Å². The number of likely N-dealkylation sites (tertiary alicyclic amines) is 1. The largest absolute Gasteiger partial charge is 0.370 e. The Morgan fingerprint density at radius 2 is 2.27 bits per heavy atom. The predicted molar refractivity (Wildman–Crippen MR) is 53.7 cm³/mol. The van der Waals surface area contributed by atoms with Gasteiger partial charge in [0.05, 0.1) is 5.92 Å². The fourth-order valence-electron chi connectivity index (χ4n) is 1.69. The Morgan fingerprint density at radius 3 is 2.67 bits per heavy atom. The number of ether oxygens (including phenoxy) is 1. The number of amides is 2. The summed E-state index contributed by atoms with van der Waals surface area (Å²) in [6, 6.07) is 0. The monoisotopic (exact) mass is 215 g/mol. The van der Waals surface area contributed by atoms with Gasteiger partial charge in [-0.15, -0.1) is 0 Å². The highest BCUT2D eigenvalue weighted by atomic mass is 16.5. The second-order valence-electron chi connectivity index (χ2n) is 3.63. The van der Waals surface area contributed by atoms with Crippen LogP contribution in [0.5, 0.6) is 0 Å². The molecule has 0 aliphatic carbocycles. The molecule has 4 N–H and O–H groups in total. The maximum atomic E-state index is 11.7. The molecular formula is C9H17N3O3. The second kappa shape index (κ2) is 5.09. The lowest BCUT2D eigenvalue weighted by Crippen LogP contribution is -2.43. The Labute approximate surface area is 88.5 Å². The van der Waals surface area contributed by atoms with Crippen LogP contribution in [0.3, 0.4) is 0 Å². The molecule has 2 unspecified atom stereocenters. The van der Waals surface area contributed by atoms with E-state index in [4.69, 9.17) is 16.2 Å². The van der Waals surface area contributed by atoms with Gasteiger partial charge in [0.25, 0.3) is 5.91 Å². The number of nitrogens with zero attached hydrogens (tertiary/aromatic N) is 1. The number of nitrogens with two attached hydrogens (primary N) is 2. The molecule has 1 fully saturated rings. The molecule has 0 radical (unpaired) electrons. The van der Waals surface area contributed by atoms with Gasteiger partial charge in [-0.3, -0.25) is 9.59 Å². The molecule has 0 bridgehead atoms. The lowest BCUT2D eigenvalue weighted by atomic mass is 10.1. The number of primary amides is 1. The minimum Gasteiger partial charge on any atom is -0.370 e. The molecule has 6 heteroatoms. The molecule has 1 heterocycles. The minimum atomic E-state index is -0.614. The Bertz CT molecular complexity index is 253. The molecule has 1 aliphatic heterocycles. The number of carbonyl (C=O) groups excluding carboxylic acids is 2. The van der Waals surface area contributed by atoms with Crippen molar-refractivity contribution in [2.24, 2.45) is 17.4 Å². The zero-order chi connectivity index (χ0) is 11.4. The van der Waals surface area contributed by atoms with Crippen molar-refractivity contribution in [3.8, 4) is 0 Å². The van der Waals surface area contributed by atoms with Crippen molar-refractivity contribution in [2.75, 3.05) is 26.7 Å². The molecule has 1 aliphatic rings. The summed E-state index contributed by atoms with van der Waals surface area (Å²) in [6.45, 7) is 1.08. The number of methoxy groups -OCH3 is 1. The average molecular weight is 215 g/mol. The molecule has 0 aromatic heterocycles. The van der Waals surface area contributed by atoms with E-state index < -0.39 is 6.10 Å². The summed E-state index contributed by atoms with van der Waals surface area (Å²) in [4.78, 5) is 24.2. The summed E-state index contributed by atoms with van der Waals surface area (Å²) in [5.41, 5.74) is 10.6. The number of hydrogen-bond donors (Lipinski definition) is 2. The molecule has 1 saturated heterocycles. The van der Waals surface area contributed by atoms with Gasteiger partial charge < -0.3 is 21.1 Å². The van der Waals surface area contributed by atoms with Crippen LogP contribution in [0, 0.1) is 5.92 Å². The van der Waals surface area contributed by atoms with Gasteiger partial charge in [-0.1, -0.05) is 0 Å². The Kier molecular flexibility index (Phi) is 4.05. The first-order chi connectivity index (χ1) is 7.10. The third kappa shape index (κ3) is 2.66. The predicted octanol–water partition coefficient (Wildman–Crippen LogP) is -1.71. The van der Waals surface area contributed by atoms with Crippen LogP contribution in [0.4, 0.5) is 0 Å². The van der Waals surface area contributed by atoms with Crippen molar-refractivity contribution in [3.05, 3.63) is 0 Å². The van der Waals surface area contributed by atoms with Crippen molar-refractivity contribution < 1.29 is 14.3 Å². The van der Waals surface area contributed by atoms with Gasteiger partial charge in [-0.25, -0.2) is 0 Å². The van der Waals surface area contributed by atoms with Gasteiger partial charge in [0.2, 0.25) is 5.91 Å². The highest BCUT2D eigenvalue weighted by molar-refractivity contribution is 5.83. The Morgan fingerprint density at radius 1 is 1.60 bits per heavy atom. The fraction of sp³-hybridized carbons (Fsp3) is 0.778. The van der Waals surface area contributed by atoms with E-state index in [1.165, 1.54) is 7.11 Å². The molecule has 0 saturated carbocycles. The minimum absolute atomic E-state index is 0.146. The van der Waals surface area contributed by atoms with Gasteiger partial charge in [0.15, 0.2) is 0 Å². The second-order valence-corrected chi connectivity index (χ2v) is 3.63. The quantitative estimate of drug-likeness (QED) is 0.583. The van der Waals surface area contributed by atoms with E-state index in [2.05, 4.69) is 0 Å². The summed E-state index contributed by atoms with van der Waals surface area (Å²) in [7, 11) is 1.44. The first-order valence-corrected chi connectivity index (χ1v) is 4.91. The zero-order valence-corrected chi connectivity index (χ0v) is 8.81. The van der Waals surface area contributed by atoms with Gasteiger partial charge >= 0.3 is 0 Å². The van der Waals surface area contributed by atoms with E-state index in [-0.39, 0.29) is 24.3 Å². The number of rotatable bonds is 4. The van der Waals surface area contributed by atoms with Crippen molar-refractivity contribution in [1.82, 2.24) is 4.90 Å². The van der Waals surface area contributed by atoms with Crippen LogP contribution in [0.1, 0.15) is 6.42 Å². The smallest absolute Gasteiger partial charge is 0.253 e. The molecule has 15 heavy (non-hydrogen) atoms. The van der Waals surface area contributed by atoms with E-state index in [1.54, 1.807) is 4.90 Å². The van der Waals surface area contributed by atoms with Crippen molar-refractivity contribution in [2.45, 2.75) is 12.5 Å². The molecule has 2 atom stereocenters. The first kappa shape index (κ1) is 11.9. The maximum absolute atomic E-state index is 11.7. The molecule has 0 aromatic rings. The molecule has 0 aromatic carbocycles. The van der Waals surface area contributed by atoms with Crippen LogP contribution in [-0.2, 0) is 14.3 Å². The topological polar surface area (TPSA) is 98.7 Å². The third-order valence-electron chi connectivity index (χ3n) is 2.68. The zero-order valence-electron chi connectivity index (χ0n) is 8.81. The van der Waals surface area contributed by atoms with E-state index in [1.807, 2.05) is 0 Å². The van der Waals surface area contributed by atoms with Crippen LogP contribution in [-0.4, -0.2) is 49.6 Å². The van der Waals surface area contributed by atoms with Gasteiger partial charge in [-0.2, -0.15) is 0 Å². The van der Waals surface area contributed by atoms with Crippen LogP contribution in [0.15, 0.2) is 0 Å². The number of carbonyl (C=O) groups is 2. The van der Waals surface area contributed by atoms with Gasteiger partial charge in [0.1, 0.15) is 6.10 Å². The third-order valence-corrected chi connectivity index (χ3v) is 2.68. The maximum Gasteiger partial charge on any atom is 0.253 e. The first-order valence-electron chi connectivity index (χ1n) is 4.91. The summed E-state index contributed by atoms with van der Waals surface area (Å²) >= 11 is 0. The summed E-state index contributed by atoms with van der Waals surface area (Å²) in [5, 5.41) is 0. The van der Waals surface area contributed by atoms with Crippen LogP contribution in [0.25, 0.3) is 0 Å². The highest BCUT2D eigenvalue weighted by Crippen LogP contribution is 2.16.